The van der Waals surface area contributed by atoms with Crippen LogP contribution in [0.25, 0.3) is 0 Å². The summed E-state index contributed by atoms with van der Waals surface area (Å²) in [6.45, 7) is 0. The van der Waals surface area contributed by atoms with Gasteiger partial charge in [-0.1, -0.05) is 91.0 Å². The third-order valence-electron chi connectivity index (χ3n) is 5.17. The summed E-state index contributed by atoms with van der Waals surface area (Å²) in [5, 5.41) is 1.02. The molecule has 120 valence electrons. The van der Waals surface area contributed by atoms with Gasteiger partial charge in [0.25, 0.3) is 0 Å². The fourth-order valence-electron chi connectivity index (χ4n) is 4.06. The molecule has 1 fully saturated rings. The van der Waals surface area contributed by atoms with E-state index in [9.17, 15) is 4.57 Å². The van der Waals surface area contributed by atoms with E-state index in [1.807, 2.05) is 30.3 Å². The van der Waals surface area contributed by atoms with E-state index < -0.39 is 7.14 Å². The van der Waals surface area contributed by atoms with Crippen LogP contribution in [0.1, 0.15) is 35.3 Å². The Kier molecular flexibility index (Phi) is 4.12. The third kappa shape index (κ3) is 2.54. The van der Waals surface area contributed by atoms with Crippen molar-refractivity contribution in [3.63, 3.8) is 0 Å². The molecule has 3 aromatic carbocycles. The minimum atomic E-state index is -2.59. The summed E-state index contributed by atoms with van der Waals surface area (Å²) in [6.07, 6.45) is 1.96. The van der Waals surface area contributed by atoms with Crippen molar-refractivity contribution in [2.24, 2.45) is 0 Å². The van der Waals surface area contributed by atoms with Gasteiger partial charge in [0.2, 0.25) is 0 Å². The normalized spacial score (nSPS) is 26.3. The summed E-state index contributed by atoms with van der Waals surface area (Å²) in [6, 6.07) is 30.9. The van der Waals surface area contributed by atoms with Crippen molar-refractivity contribution >= 4 is 12.4 Å². The minimum Gasteiger partial charge on any atom is -0.317 e. The molecule has 3 atom stereocenters. The first-order valence-electron chi connectivity index (χ1n) is 8.55. The standard InChI is InChI=1S/C22H21OP/c23-24(20-14-8-3-9-15-20)21(18-10-4-1-5-11-18)16-17-22(24)19-12-6-2-7-13-19/h1-15,21-22H,16-17H2/t21-,22+,24?. The molecule has 1 unspecified atom stereocenters. The van der Waals surface area contributed by atoms with Gasteiger partial charge in [-0.15, -0.1) is 0 Å². The van der Waals surface area contributed by atoms with Crippen molar-refractivity contribution in [2.75, 3.05) is 0 Å². The second-order valence-corrected chi connectivity index (χ2v) is 9.66. The minimum absolute atomic E-state index is 0.117. The Bertz CT molecular complexity index is 791. The summed E-state index contributed by atoms with van der Waals surface area (Å²) in [4.78, 5) is 0. The molecular formula is C22H21OP. The molecule has 1 saturated heterocycles. The molecule has 1 aliphatic heterocycles. The molecule has 1 aliphatic rings. The summed E-state index contributed by atoms with van der Waals surface area (Å²) in [5.41, 5.74) is 2.66. The summed E-state index contributed by atoms with van der Waals surface area (Å²) >= 11 is 0. The van der Waals surface area contributed by atoms with Crippen LogP contribution in [0.4, 0.5) is 0 Å². The van der Waals surface area contributed by atoms with Crippen molar-refractivity contribution in [1.82, 2.24) is 0 Å². The largest absolute Gasteiger partial charge is 0.317 e. The van der Waals surface area contributed by atoms with Crippen molar-refractivity contribution in [3.05, 3.63) is 102 Å². The fourth-order valence-corrected chi connectivity index (χ4v) is 8.15. The number of rotatable bonds is 3. The van der Waals surface area contributed by atoms with Crippen molar-refractivity contribution in [3.8, 4) is 0 Å². The summed E-state index contributed by atoms with van der Waals surface area (Å²) in [7, 11) is -2.59. The molecule has 2 heteroatoms. The molecule has 0 amide bonds. The Morgan fingerprint density at radius 2 is 0.958 bits per heavy atom. The van der Waals surface area contributed by atoms with E-state index in [-0.39, 0.29) is 11.3 Å². The SMILES string of the molecule is O=P1(c2ccccc2)[C@@H](c2ccccc2)CC[C@H]1c1ccccc1. The lowest BCUT2D eigenvalue weighted by Crippen LogP contribution is -2.11. The van der Waals surface area contributed by atoms with Crippen LogP contribution in [0.15, 0.2) is 91.0 Å². The van der Waals surface area contributed by atoms with Crippen LogP contribution < -0.4 is 5.30 Å². The van der Waals surface area contributed by atoms with Crippen molar-refractivity contribution in [2.45, 2.75) is 24.2 Å². The first-order chi connectivity index (χ1) is 11.8. The second-order valence-electron chi connectivity index (χ2n) is 6.48. The molecule has 0 radical (unpaired) electrons. The summed E-state index contributed by atoms with van der Waals surface area (Å²) in [5.74, 6) is 0. The number of hydrogen-bond donors (Lipinski definition) is 0. The lowest BCUT2D eigenvalue weighted by atomic mass is 10.0. The van der Waals surface area contributed by atoms with Gasteiger partial charge in [0, 0.05) is 16.6 Å². The third-order valence-corrected chi connectivity index (χ3v) is 9.24. The first-order valence-corrected chi connectivity index (χ1v) is 10.4. The average Bonchev–Trinajstić information content (AvgIpc) is 3.02. The predicted molar refractivity (Wildman–Crippen MR) is 101 cm³/mol. The Morgan fingerprint density at radius 1 is 0.583 bits per heavy atom. The van der Waals surface area contributed by atoms with Crippen LogP contribution in [-0.4, -0.2) is 0 Å². The highest BCUT2D eigenvalue weighted by atomic mass is 31.2. The fraction of sp³-hybridized carbons (Fsp3) is 0.182. The average molecular weight is 332 g/mol. The van der Waals surface area contributed by atoms with E-state index in [1.54, 1.807) is 0 Å². The van der Waals surface area contributed by atoms with E-state index in [1.165, 1.54) is 11.1 Å². The van der Waals surface area contributed by atoms with Gasteiger partial charge < -0.3 is 4.57 Å². The Labute approximate surface area is 143 Å². The molecule has 1 heterocycles. The van der Waals surface area contributed by atoms with Gasteiger partial charge in [-0.3, -0.25) is 0 Å². The van der Waals surface area contributed by atoms with E-state index >= 15 is 0 Å². The topological polar surface area (TPSA) is 17.1 Å². The van der Waals surface area contributed by atoms with E-state index in [0.717, 1.165) is 18.1 Å². The van der Waals surface area contributed by atoms with Crippen LogP contribution in [0.3, 0.4) is 0 Å². The zero-order valence-electron chi connectivity index (χ0n) is 13.6. The van der Waals surface area contributed by atoms with Crippen molar-refractivity contribution in [1.29, 1.82) is 0 Å². The highest BCUT2D eigenvalue weighted by molar-refractivity contribution is 7.72. The monoisotopic (exact) mass is 332 g/mol. The zero-order valence-corrected chi connectivity index (χ0v) is 14.5. The number of hydrogen-bond acceptors (Lipinski definition) is 1. The molecule has 3 aromatic rings. The Morgan fingerprint density at radius 3 is 1.38 bits per heavy atom. The van der Waals surface area contributed by atoms with E-state index in [4.69, 9.17) is 0 Å². The van der Waals surface area contributed by atoms with Gasteiger partial charge in [-0.25, -0.2) is 0 Å². The maximum atomic E-state index is 14.5. The van der Waals surface area contributed by atoms with Gasteiger partial charge in [-0.2, -0.15) is 0 Å². The van der Waals surface area contributed by atoms with Crippen LogP contribution in [0.2, 0.25) is 0 Å². The molecule has 1 nitrogen and oxygen atoms in total. The second kappa shape index (κ2) is 6.42. The molecule has 0 saturated carbocycles. The molecule has 0 aromatic heterocycles. The van der Waals surface area contributed by atoms with Gasteiger partial charge in [0.05, 0.1) is 0 Å². The summed E-state index contributed by atoms with van der Waals surface area (Å²) < 4.78 is 14.5. The molecular weight excluding hydrogens is 311 g/mol. The lowest BCUT2D eigenvalue weighted by molar-refractivity contribution is 0.573. The van der Waals surface area contributed by atoms with Crippen LogP contribution in [0, 0.1) is 0 Å². The molecule has 0 bridgehead atoms. The Hall–Kier alpha value is -2.11. The van der Waals surface area contributed by atoms with Crippen LogP contribution in [0.5, 0.6) is 0 Å². The van der Waals surface area contributed by atoms with E-state index in [2.05, 4.69) is 60.7 Å². The lowest BCUT2D eigenvalue weighted by Gasteiger charge is -2.27. The molecule has 24 heavy (non-hydrogen) atoms. The van der Waals surface area contributed by atoms with Gasteiger partial charge in [0.15, 0.2) is 0 Å². The van der Waals surface area contributed by atoms with Crippen LogP contribution >= 0.6 is 7.14 Å². The molecule has 0 aliphatic carbocycles. The van der Waals surface area contributed by atoms with Gasteiger partial charge in [0.1, 0.15) is 7.14 Å². The molecule has 0 N–H and O–H groups in total. The smallest absolute Gasteiger partial charge is 0.129 e. The highest BCUT2D eigenvalue weighted by Crippen LogP contribution is 2.75. The van der Waals surface area contributed by atoms with Gasteiger partial charge in [-0.05, 0) is 24.0 Å². The van der Waals surface area contributed by atoms with E-state index in [0.29, 0.717) is 0 Å². The molecule has 0 spiro atoms. The number of benzene rings is 3. The maximum absolute atomic E-state index is 14.5. The predicted octanol–water partition coefficient (Wildman–Crippen LogP) is 5.95. The van der Waals surface area contributed by atoms with Crippen LogP contribution in [-0.2, 0) is 4.57 Å². The maximum Gasteiger partial charge on any atom is 0.129 e. The zero-order chi connectivity index (χ0) is 16.4. The molecule has 4 rings (SSSR count). The Balaban J connectivity index is 1.87. The highest BCUT2D eigenvalue weighted by Gasteiger charge is 2.48. The first kappa shape index (κ1) is 15.4. The quantitative estimate of drug-likeness (QED) is 0.542. The van der Waals surface area contributed by atoms with Crippen molar-refractivity contribution < 1.29 is 4.57 Å². The van der Waals surface area contributed by atoms with Gasteiger partial charge >= 0.3 is 0 Å².